The van der Waals surface area contributed by atoms with Crippen LogP contribution in [0.2, 0.25) is 0 Å². The van der Waals surface area contributed by atoms with Crippen LogP contribution in [0.3, 0.4) is 0 Å². The zero-order chi connectivity index (χ0) is 17.7. The second-order valence-electron chi connectivity index (χ2n) is 7.37. The Morgan fingerprint density at radius 3 is 2.73 bits per heavy atom. The minimum absolute atomic E-state index is 0.0668. The molecule has 1 aromatic heterocycles. The van der Waals surface area contributed by atoms with E-state index in [0.717, 1.165) is 40.7 Å². The number of amides is 1. The second kappa shape index (κ2) is 5.69. The lowest BCUT2D eigenvalue weighted by molar-refractivity contribution is 0.0256. The molecule has 3 heterocycles. The van der Waals surface area contributed by atoms with Crippen LogP contribution in [0.1, 0.15) is 41.3 Å². The highest BCUT2D eigenvalue weighted by atomic mass is 16.6. The average molecular weight is 347 g/mol. The van der Waals surface area contributed by atoms with E-state index < -0.39 is 0 Å². The zero-order valence-electron chi connectivity index (χ0n) is 14.7. The van der Waals surface area contributed by atoms with Crippen LogP contribution in [0, 0.1) is 0 Å². The Balaban J connectivity index is 1.62. The molecule has 0 bridgehead atoms. The minimum Gasteiger partial charge on any atom is -0.354 e. The van der Waals surface area contributed by atoms with Crippen molar-refractivity contribution >= 4 is 16.8 Å². The van der Waals surface area contributed by atoms with Gasteiger partial charge in [-0.15, -0.1) is 0 Å². The Kier molecular flexibility index (Phi) is 3.42. The van der Waals surface area contributed by atoms with Crippen LogP contribution in [0.5, 0.6) is 0 Å². The van der Waals surface area contributed by atoms with E-state index in [-0.39, 0.29) is 11.4 Å². The van der Waals surface area contributed by atoms with Crippen LogP contribution in [0.25, 0.3) is 22.2 Å². The molecule has 1 atom stereocenters. The van der Waals surface area contributed by atoms with E-state index >= 15 is 0 Å². The van der Waals surface area contributed by atoms with Crippen molar-refractivity contribution in [3.8, 4) is 11.3 Å². The predicted octanol–water partition coefficient (Wildman–Crippen LogP) is 3.61. The number of carbonyl (C=O) groups excluding carboxylic acids is 1. The van der Waals surface area contributed by atoms with E-state index in [1.807, 2.05) is 18.2 Å². The number of hydrogen-bond acceptors (Lipinski definition) is 3. The number of aromatic nitrogens is 1. The number of rotatable bonds is 2. The molecule has 1 amide bonds. The molecule has 26 heavy (non-hydrogen) atoms. The maximum atomic E-state index is 12.2. The van der Waals surface area contributed by atoms with Crippen molar-refractivity contribution in [2.75, 3.05) is 6.54 Å². The Morgan fingerprint density at radius 1 is 1.12 bits per heavy atom. The lowest BCUT2D eigenvalue weighted by atomic mass is 9.89. The molecule has 2 aromatic carbocycles. The molecule has 5 nitrogen and oxygen atoms in total. The van der Waals surface area contributed by atoms with Crippen molar-refractivity contribution in [2.24, 2.45) is 0 Å². The fraction of sp³-hybridized carbons (Fsp3) is 0.286. The van der Waals surface area contributed by atoms with Crippen molar-refractivity contribution in [2.45, 2.75) is 31.9 Å². The van der Waals surface area contributed by atoms with Gasteiger partial charge in [-0.05, 0) is 49.6 Å². The highest BCUT2D eigenvalue weighted by Crippen LogP contribution is 2.36. The Bertz CT molecular complexity index is 998. The van der Waals surface area contributed by atoms with Crippen LogP contribution in [-0.2, 0) is 17.0 Å². The summed E-state index contributed by atoms with van der Waals surface area (Å²) < 4.78 is 0. The van der Waals surface area contributed by atoms with Gasteiger partial charge in [0.2, 0.25) is 0 Å². The first-order valence-electron chi connectivity index (χ1n) is 9.07. The molecule has 2 aliphatic rings. The maximum absolute atomic E-state index is 12.2. The van der Waals surface area contributed by atoms with Crippen LogP contribution < -0.4 is 10.8 Å². The standard InChI is InChI=1S/C21H21N3O2/c1-21(10-3-11-22-21)14-8-6-13(7-9-14)19-16-12-26-24-20(25)15-4-2-5-17(23-19)18(15)16/h2,4-9,22-23H,3,10-12H2,1H3,(H,24,25)/t21-/m0/s1. The third kappa shape index (κ3) is 2.28. The summed E-state index contributed by atoms with van der Waals surface area (Å²) in [7, 11) is 0. The van der Waals surface area contributed by atoms with Crippen LogP contribution in [0.4, 0.5) is 0 Å². The van der Waals surface area contributed by atoms with Gasteiger partial charge in [-0.2, -0.15) is 0 Å². The molecule has 0 saturated carbocycles. The van der Waals surface area contributed by atoms with Crippen LogP contribution in [0.15, 0.2) is 42.5 Å². The largest absolute Gasteiger partial charge is 0.354 e. The molecule has 3 N–H and O–H groups in total. The Hall–Kier alpha value is -2.63. The van der Waals surface area contributed by atoms with Gasteiger partial charge in [0.05, 0.1) is 11.3 Å². The van der Waals surface area contributed by atoms with Gasteiger partial charge < -0.3 is 10.3 Å². The van der Waals surface area contributed by atoms with Crippen molar-refractivity contribution in [3.05, 3.63) is 59.2 Å². The van der Waals surface area contributed by atoms with Gasteiger partial charge >= 0.3 is 0 Å². The minimum atomic E-state index is -0.199. The van der Waals surface area contributed by atoms with E-state index in [2.05, 4.69) is 47.0 Å². The summed E-state index contributed by atoms with van der Waals surface area (Å²) in [6.07, 6.45) is 2.38. The summed E-state index contributed by atoms with van der Waals surface area (Å²) in [5, 5.41) is 4.56. The van der Waals surface area contributed by atoms with Gasteiger partial charge in [0.1, 0.15) is 6.61 Å². The highest BCUT2D eigenvalue weighted by molar-refractivity contribution is 6.09. The van der Waals surface area contributed by atoms with Crippen LogP contribution >= 0.6 is 0 Å². The SMILES string of the molecule is C[C@@]1(c2ccc(-c3[nH]c4cccc5c4c3CONC5=O)cc2)CCCN1. The normalized spacial score (nSPS) is 22.4. The van der Waals surface area contributed by atoms with Crippen molar-refractivity contribution in [3.63, 3.8) is 0 Å². The van der Waals surface area contributed by atoms with Gasteiger partial charge in [-0.25, -0.2) is 5.48 Å². The molecule has 132 valence electrons. The Labute approximate surface area is 151 Å². The molecular weight excluding hydrogens is 326 g/mol. The summed E-state index contributed by atoms with van der Waals surface area (Å²) in [5.41, 5.74) is 8.63. The molecule has 0 spiro atoms. The molecular formula is C21H21N3O2. The first-order chi connectivity index (χ1) is 12.7. The van der Waals surface area contributed by atoms with Crippen molar-refractivity contribution < 1.29 is 9.63 Å². The predicted molar refractivity (Wildman–Crippen MR) is 101 cm³/mol. The number of hydrogen-bond donors (Lipinski definition) is 3. The topological polar surface area (TPSA) is 66.1 Å². The number of carbonyl (C=O) groups is 1. The second-order valence-corrected chi connectivity index (χ2v) is 7.37. The summed E-state index contributed by atoms with van der Waals surface area (Å²) in [5.74, 6) is -0.199. The first kappa shape index (κ1) is 15.6. The van der Waals surface area contributed by atoms with Gasteiger partial charge in [0.25, 0.3) is 5.91 Å². The van der Waals surface area contributed by atoms with Crippen molar-refractivity contribution in [1.82, 2.24) is 15.8 Å². The number of H-pyrrole nitrogens is 1. The Morgan fingerprint density at radius 2 is 1.96 bits per heavy atom. The van der Waals surface area contributed by atoms with E-state index in [4.69, 9.17) is 4.84 Å². The molecule has 2 aliphatic heterocycles. The summed E-state index contributed by atoms with van der Waals surface area (Å²) in [6, 6.07) is 14.4. The van der Waals surface area contributed by atoms with Crippen molar-refractivity contribution in [1.29, 1.82) is 0 Å². The van der Waals surface area contributed by atoms with E-state index in [0.29, 0.717) is 12.2 Å². The molecule has 5 rings (SSSR count). The fourth-order valence-corrected chi connectivity index (χ4v) is 4.27. The van der Waals surface area contributed by atoms with Gasteiger partial charge in [0, 0.05) is 22.0 Å². The monoisotopic (exact) mass is 347 g/mol. The first-order valence-corrected chi connectivity index (χ1v) is 9.07. The third-order valence-electron chi connectivity index (χ3n) is 5.73. The maximum Gasteiger partial charge on any atom is 0.275 e. The number of nitrogens with one attached hydrogen (secondary N) is 3. The van der Waals surface area contributed by atoms with Gasteiger partial charge in [-0.3, -0.25) is 9.63 Å². The number of hydroxylamine groups is 1. The number of aromatic amines is 1. The summed E-state index contributed by atoms with van der Waals surface area (Å²) in [6.45, 7) is 3.69. The van der Waals surface area contributed by atoms with Gasteiger partial charge in [0.15, 0.2) is 0 Å². The molecule has 3 aromatic rings. The molecule has 0 radical (unpaired) electrons. The smallest absolute Gasteiger partial charge is 0.275 e. The van der Waals surface area contributed by atoms with Gasteiger partial charge in [-0.1, -0.05) is 30.3 Å². The molecule has 0 unspecified atom stereocenters. The molecule has 1 saturated heterocycles. The lowest BCUT2D eigenvalue weighted by Gasteiger charge is -2.25. The summed E-state index contributed by atoms with van der Waals surface area (Å²) >= 11 is 0. The molecule has 0 aliphatic carbocycles. The molecule has 1 fully saturated rings. The van der Waals surface area contributed by atoms with Crippen LogP contribution in [-0.4, -0.2) is 17.4 Å². The van der Waals surface area contributed by atoms with E-state index in [1.165, 1.54) is 12.0 Å². The third-order valence-corrected chi connectivity index (χ3v) is 5.73. The zero-order valence-corrected chi connectivity index (χ0v) is 14.7. The van der Waals surface area contributed by atoms with E-state index in [1.54, 1.807) is 0 Å². The average Bonchev–Trinajstić information content (AvgIpc) is 3.22. The summed E-state index contributed by atoms with van der Waals surface area (Å²) in [4.78, 5) is 21.1. The lowest BCUT2D eigenvalue weighted by Crippen LogP contribution is -2.32. The highest BCUT2D eigenvalue weighted by Gasteiger charge is 2.30. The fourth-order valence-electron chi connectivity index (χ4n) is 4.27. The molecule has 5 heteroatoms. The quantitative estimate of drug-likeness (QED) is 0.663. The number of benzene rings is 2. The van der Waals surface area contributed by atoms with E-state index in [9.17, 15) is 4.79 Å².